The van der Waals surface area contributed by atoms with E-state index in [1.165, 1.54) is 31.3 Å². The average molecular weight is 755 g/mol. The lowest BCUT2D eigenvalue weighted by molar-refractivity contribution is -0.138. The molecule has 248 valence electrons. The average Bonchev–Trinajstić information content (AvgIpc) is 3.43. The van der Waals surface area contributed by atoms with Gasteiger partial charge in [-0.05, 0) is 55.2 Å². The molecule has 3 fully saturated rings. The second-order valence-corrected chi connectivity index (χ2v) is 14.0. The Morgan fingerprint density at radius 1 is 0.917 bits per heavy atom. The second kappa shape index (κ2) is 11.8. The van der Waals surface area contributed by atoms with Crippen molar-refractivity contribution >= 4 is 79.8 Å². The summed E-state index contributed by atoms with van der Waals surface area (Å²) in [5.74, 6) is -5.74. The molecule has 2 saturated heterocycles. The van der Waals surface area contributed by atoms with E-state index in [0.29, 0.717) is 11.3 Å². The van der Waals surface area contributed by atoms with Crippen LogP contribution < -0.4 is 19.7 Å². The number of hydrogen-bond donors (Lipinski definition) is 2. The zero-order chi connectivity index (χ0) is 34.1. The molecule has 0 aromatic heterocycles. The molecule has 2 aliphatic carbocycles. The fourth-order valence-corrected chi connectivity index (χ4v) is 9.28. The Hall–Kier alpha value is -4.06. The van der Waals surface area contributed by atoms with Crippen LogP contribution in [0.2, 0.25) is 0 Å². The third-order valence-corrected chi connectivity index (χ3v) is 12.0. The topological polar surface area (TPSA) is 125 Å². The maximum atomic E-state index is 14.4. The number of alkyl halides is 3. The standard InChI is InChI=1S/C35H30BrCl2N3O7/c1-47-21-14-25(42)28(26(15-21)48-2)29-22-12-13-23-27(24(22)16-34(37)32(45)40(17-36)33(46)35(29,34)38)31(44)41(30(23)43)20-10-8-19(9-11-20)39-18-6-4-3-5-7-18/h3-12,14-15,23-24,27,29,39,42H,13,16-17H2,1-2H3/t23-,24+,27-,29+,34+,35-/m0/s1. The van der Waals surface area contributed by atoms with E-state index in [1.54, 1.807) is 30.3 Å². The molecule has 0 bridgehead atoms. The van der Waals surface area contributed by atoms with Gasteiger partial charge in [0, 0.05) is 35.0 Å². The van der Waals surface area contributed by atoms with Crippen LogP contribution in [-0.4, -0.2) is 63.1 Å². The monoisotopic (exact) mass is 753 g/mol. The summed E-state index contributed by atoms with van der Waals surface area (Å²) in [6, 6.07) is 19.5. The van der Waals surface area contributed by atoms with Gasteiger partial charge in [0.1, 0.15) is 17.2 Å². The molecule has 0 unspecified atom stereocenters. The lowest BCUT2D eigenvalue weighted by atomic mass is 9.56. The summed E-state index contributed by atoms with van der Waals surface area (Å²) >= 11 is 17.8. The minimum Gasteiger partial charge on any atom is -0.507 e. The first-order valence-electron chi connectivity index (χ1n) is 15.2. The predicted octanol–water partition coefficient (Wildman–Crippen LogP) is 6.07. The third-order valence-electron chi connectivity index (χ3n) is 10.0. The number of halogens is 3. The Balaban J connectivity index is 1.31. The molecule has 48 heavy (non-hydrogen) atoms. The number of nitrogens with one attached hydrogen (secondary N) is 1. The molecule has 3 aromatic rings. The highest BCUT2D eigenvalue weighted by Crippen LogP contribution is 2.67. The van der Waals surface area contributed by atoms with Crippen LogP contribution in [0, 0.1) is 17.8 Å². The number of rotatable bonds is 7. The lowest BCUT2D eigenvalue weighted by Crippen LogP contribution is -2.60. The normalized spacial score (nSPS) is 29.3. The van der Waals surface area contributed by atoms with Gasteiger partial charge in [0.15, 0.2) is 9.75 Å². The zero-order valence-corrected chi connectivity index (χ0v) is 28.9. The molecular formula is C35H30BrCl2N3O7. The first kappa shape index (κ1) is 32.5. The molecule has 7 rings (SSSR count). The number of phenols is 1. The summed E-state index contributed by atoms with van der Waals surface area (Å²) in [4.78, 5) is 54.4. The summed E-state index contributed by atoms with van der Waals surface area (Å²) in [5, 5.41) is 14.7. The number of likely N-dealkylation sites (tertiary alicyclic amines) is 1. The number of allylic oxidation sites excluding steroid dienone is 2. The highest BCUT2D eigenvalue weighted by molar-refractivity contribution is 9.09. The highest BCUT2D eigenvalue weighted by Gasteiger charge is 2.76. The van der Waals surface area contributed by atoms with E-state index in [1.807, 2.05) is 30.3 Å². The molecule has 2 heterocycles. The van der Waals surface area contributed by atoms with Gasteiger partial charge in [0.05, 0.1) is 37.2 Å². The smallest absolute Gasteiger partial charge is 0.254 e. The van der Waals surface area contributed by atoms with Crippen molar-refractivity contribution in [2.24, 2.45) is 17.8 Å². The number of nitrogens with zero attached hydrogens (tertiary/aromatic N) is 2. The Bertz CT molecular complexity index is 1890. The summed E-state index contributed by atoms with van der Waals surface area (Å²) < 4.78 is 11.0. The number of ether oxygens (including phenoxy) is 2. The zero-order valence-electron chi connectivity index (χ0n) is 25.8. The van der Waals surface area contributed by atoms with Crippen molar-refractivity contribution in [1.29, 1.82) is 0 Å². The van der Waals surface area contributed by atoms with E-state index in [2.05, 4.69) is 21.2 Å². The van der Waals surface area contributed by atoms with Crippen LogP contribution in [0.4, 0.5) is 17.1 Å². The van der Waals surface area contributed by atoms with Crippen molar-refractivity contribution in [2.75, 3.05) is 29.9 Å². The molecular weight excluding hydrogens is 725 g/mol. The van der Waals surface area contributed by atoms with Gasteiger partial charge >= 0.3 is 0 Å². The van der Waals surface area contributed by atoms with Crippen LogP contribution >= 0.6 is 39.1 Å². The largest absolute Gasteiger partial charge is 0.507 e. The second-order valence-electron chi connectivity index (χ2n) is 12.3. The first-order chi connectivity index (χ1) is 23.0. The van der Waals surface area contributed by atoms with Crippen molar-refractivity contribution in [3.8, 4) is 17.2 Å². The summed E-state index contributed by atoms with van der Waals surface area (Å²) in [6.45, 7) is 0. The van der Waals surface area contributed by atoms with E-state index < -0.39 is 51.1 Å². The Morgan fingerprint density at radius 2 is 1.60 bits per heavy atom. The van der Waals surface area contributed by atoms with E-state index in [0.717, 1.165) is 16.3 Å². The van der Waals surface area contributed by atoms with Crippen molar-refractivity contribution < 1.29 is 33.8 Å². The van der Waals surface area contributed by atoms with Gasteiger partial charge in [-0.3, -0.25) is 29.0 Å². The van der Waals surface area contributed by atoms with Crippen molar-refractivity contribution in [1.82, 2.24) is 4.90 Å². The summed E-state index contributed by atoms with van der Waals surface area (Å²) in [6.07, 6.45) is 1.80. The lowest BCUT2D eigenvalue weighted by Gasteiger charge is -2.51. The quantitative estimate of drug-likeness (QED) is 0.129. The minimum atomic E-state index is -2.10. The van der Waals surface area contributed by atoms with Crippen LogP contribution in [-0.2, 0) is 19.2 Å². The molecule has 0 spiro atoms. The number of hydrogen-bond acceptors (Lipinski definition) is 8. The number of phenolic OH excluding ortho intramolecular Hbond substituents is 1. The van der Waals surface area contributed by atoms with Crippen LogP contribution in [0.1, 0.15) is 24.3 Å². The van der Waals surface area contributed by atoms with Crippen LogP contribution in [0.3, 0.4) is 0 Å². The Morgan fingerprint density at radius 3 is 2.25 bits per heavy atom. The minimum absolute atomic E-state index is 0.125. The summed E-state index contributed by atoms with van der Waals surface area (Å²) in [7, 11) is 2.82. The van der Waals surface area contributed by atoms with Gasteiger partial charge in [-0.15, -0.1) is 23.2 Å². The highest BCUT2D eigenvalue weighted by atomic mass is 79.9. The first-order valence-corrected chi connectivity index (χ1v) is 17.1. The number of anilines is 3. The number of carbonyl (C=O) groups is 4. The van der Waals surface area contributed by atoms with Crippen LogP contribution in [0.5, 0.6) is 17.2 Å². The molecule has 3 aromatic carbocycles. The fourth-order valence-electron chi connectivity index (χ4n) is 7.87. The van der Waals surface area contributed by atoms with Crippen LogP contribution in [0.25, 0.3) is 0 Å². The number of amides is 4. The van der Waals surface area contributed by atoms with E-state index in [-0.39, 0.29) is 47.0 Å². The van der Waals surface area contributed by atoms with E-state index >= 15 is 0 Å². The Kier molecular flexibility index (Phi) is 8.00. The van der Waals surface area contributed by atoms with Gasteiger partial charge in [0.2, 0.25) is 11.8 Å². The molecule has 13 heteroatoms. The number of benzene rings is 3. The van der Waals surface area contributed by atoms with Gasteiger partial charge in [-0.25, -0.2) is 0 Å². The molecule has 2 N–H and O–H groups in total. The molecule has 4 amide bonds. The SMILES string of the molecule is COc1cc(O)c([C@H]2C3=CC[C@@H]4C(=O)N(c5ccc(Nc6ccccc6)cc5)C(=O)[C@@H]4[C@@H]3C[C@@]3(Cl)C(=O)N(CBr)C(=O)[C@@]23Cl)c(OC)c1. The van der Waals surface area contributed by atoms with Crippen molar-refractivity contribution in [3.63, 3.8) is 0 Å². The Labute approximate surface area is 294 Å². The fraction of sp³-hybridized carbons (Fsp3) is 0.314. The molecule has 1 saturated carbocycles. The number of methoxy groups -OCH3 is 2. The van der Waals surface area contributed by atoms with Gasteiger partial charge in [0.25, 0.3) is 11.8 Å². The number of carbonyl (C=O) groups excluding carboxylic acids is 4. The van der Waals surface area contributed by atoms with Gasteiger partial charge < -0.3 is 19.9 Å². The van der Waals surface area contributed by atoms with E-state index in [9.17, 15) is 24.3 Å². The predicted molar refractivity (Wildman–Crippen MR) is 183 cm³/mol. The maximum Gasteiger partial charge on any atom is 0.254 e. The molecule has 4 aliphatic rings. The van der Waals surface area contributed by atoms with Crippen molar-refractivity contribution in [3.05, 3.63) is 83.9 Å². The van der Waals surface area contributed by atoms with E-state index in [4.69, 9.17) is 32.7 Å². The number of imide groups is 2. The number of aromatic hydroxyl groups is 1. The number of fused-ring (bicyclic) bond motifs is 4. The molecule has 6 atom stereocenters. The van der Waals surface area contributed by atoms with Gasteiger partial charge in [-0.2, -0.15) is 0 Å². The maximum absolute atomic E-state index is 14.4. The third kappa shape index (κ3) is 4.50. The van der Waals surface area contributed by atoms with Crippen molar-refractivity contribution in [2.45, 2.75) is 28.5 Å². The molecule has 0 radical (unpaired) electrons. The van der Waals surface area contributed by atoms with Crippen LogP contribution in [0.15, 0.2) is 78.4 Å². The number of para-hydroxylation sites is 1. The molecule has 10 nitrogen and oxygen atoms in total. The van der Waals surface area contributed by atoms with Gasteiger partial charge in [-0.1, -0.05) is 45.8 Å². The summed E-state index contributed by atoms with van der Waals surface area (Å²) in [5.41, 5.74) is 2.56. The molecule has 2 aliphatic heterocycles.